The molecule has 1 N–H and O–H groups in total. The lowest BCUT2D eigenvalue weighted by Crippen LogP contribution is -2.67. The van der Waals surface area contributed by atoms with E-state index >= 15 is 0 Å². The molecule has 0 saturated carbocycles. The van der Waals surface area contributed by atoms with E-state index in [2.05, 4.69) is 10.0 Å². The van der Waals surface area contributed by atoms with Gasteiger partial charge in [-0.15, -0.1) is 0 Å². The first-order chi connectivity index (χ1) is 20.5. The number of esters is 6. The zero-order valence-corrected chi connectivity index (χ0v) is 24.3. The van der Waals surface area contributed by atoms with Gasteiger partial charge in [0.25, 0.3) is 0 Å². The standard InChI is InChI=1S/C24H31N3O17/c1-8(28)36-7-14-15(37-9(2)29)16(38-10(3)30)21(41-13(6)33)24(42-14)44-17-18(39-11(4)31)20(23(34)35)43-22(26-27-25)19(17)40-12(5)32/h14-22,24H,7H2,1-6H3,(H,34,35)/t14-,15-,16+,17+,18+,19-,20+,21+,22+,24-/m1/s1. The van der Waals surface area contributed by atoms with Crippen LogP contribution in [0.1, 0.15) is 41.5 Å². The van der Waals surface area contributed by atoms with E-state index in [1.54, 1.807) is 0 Å². The lowest BCUT2D eigenvalue weighted by molar-refractivity contribution is -0.342. The SMILES string of the molecule is CC(=O)OC[C@H]1O[C@H](O[C@@H]2[C@@H](OC(C)=O)[C@@H](N=[N+]=[N-])O[C@H](C(=O)O)[C@H]2OC(C)=O)[C@@H](OC(C)=O)[C@@H](OC(C)=O)[C@@H]1OC(C)=O. The van der Waals surface area contributed by atoms with E-state index in [1.165, 1.54) is 0 Å². The topological polar surface area (TPSA) is 272 Å². The Balaban J connectivity index is 2.75. The number of azide groups is 1. The quantitative estimate of drug-likeness (QED) is 0.0981. The lowest BCUT2D eigenvalue weighted by atomic mass is 9.95. The predicted octanol–water partition coefficient (Wildman–Crippen LogP) is -0.562. The second-order valence-electron chi connectivity index (χ2n) is 9.31. The number of rotatable bonds is 11. The maximum atomic E-state index is 12.2. The number of carboxylic acids is 1. The van der Waals surface area contributed by atoms with Gasteiger partial charge in [0.15, 0.2) is 49.1 Å². The maximum absolute atomic E-state index is 12.2. The van der Waals surface area contributed by atoms with Crippen molar-refractivity contribution < 1.29 is 81.3 Å². The molecule has 0 radical (unpaired) electrons. The third-order valence-corrected chi connectivity index (χ3v) is 5.77. The van der Waals surface area contributed by atoms with Crippen LogP contribution in [-0.2, 0) is 76.2 Å². The van der Waals surface area contributed by atoms with E-state index in [4.69, 9.17) is 48.2 Å². The summed E-state index contributed by atoms with van der Waals surface area (Å²) >= 11 is 0. The molecule has 0 bridgehead atoms. The number of aliphatic carboxylic acids is 1. The first-order valence-electron chi connectivity index (χ1n) is 12.8. The van der Waals surface area contributed by atoms with Crippen molar-refractivity contribution >= 4 is 41.8 Å². The van der Waals surface area contributed by atoms with Gasteiger partial charge in [-0.1, -0.05) is 5.11 Å². The molecule has 0 aromatic rings. The molecule has 2 fully saturated rings. The summed E-state index contributed by atoms with van der Waals surface area (Å²) in [5, 5.41) is 13.1. The van der Waals surface area contributed by atoms with E-state index in [-0.39, 0.29) is 0 Å². The normalized spacial score (nSPS) is 31.2. The van der Waals surface area contributed by atoms with Gasteiger partial charge < -0.3 is 47.7 Å². The van der Waals surface area contributed by atoms with E-state index in [9.17, 15) is 38.7 Å². The van der Waals surface area contributed by atoms with Crippen LogP contribution in [0.5, 0.6) is 0 Å². The molecule has 0 aliphatic carbocycles. The molecule has 0 aromatic carbocycles. The Morgan fingerprint density at radius 3 is 1.61 bits per heavy atom. The van der Waals surface area contributed by atoms with Gasteiger partial charge in [-0.05, 0) is 5.53 Å². The molecule has 44 heavy (non-hydrogen) atoms. The van der Waals surface area contributed by atoms with E-state index in [0.717, 1.165) is 41.5 Å². The second-order valence-corrected chi connectivity index (χ2v) is 9.31. The van der Waals surface area contributed by atoms with Crippen LogP contribution in [-0.4, -0.2) is 115 Å². The van der Waals surface area contributed by atoms with Crippen LogP contribution < -0.4 is 0 Å². The third kappa shape index (κ3) is 9.76. The molecule has 20 heteroatoms. The molecule has 0 amide bonds. The molecule has 20 nitrogen and oxygen atoms in total. The molecule has 2 aliphatic rings. The van der Waals surface area contributed by atoms with Gasteiger partial charge in [-0.3, -0.25) is 28.8 Å². The molecule has 2 rings (SSSR count). The molecule has 0 unspecified atom stereocenters. The fraction of sp³-hybridized carbons (Fsp3) is 0.708. The van der Waals surface area contributed by atoms with Crippen LogP contribution in [0.4, 0.5) is 0 Å². The summed E-state index contributed by atoms with van der Waals surface area (Å²) in [6, 6.07) is 0. The predicted molar refractivity (Wildman–Crippen MR) is 133 cm³/mol. The number of carbonyl (C=O) groups excluding carboxylic acids is 6. The van der Waals surface area contributed by atoms with Crippen LogP contribution in [0.3, 0.4) is 0 Å². The van der Waals surface area contributed by atoms with Crippen LogP contribution in [0.15, 0.2) is 5.11 Å². The first-order valence-corrected chi connectivity index (χ1v) is 12.8. The average molecular weight is 634 g/mol. The van der Waals surface area contributed by atoms with Gasteiger partial charge in [0.05, 0.1) is 0 Å². The highest BCUT2D eigenvalue weighted by atomic mass is 16.8. The molecule has 0 spiro atoms. The zero-order chi connectivity index (χ0) is 33.3. The second kappa shape index (κ2) is 15.8. The highest BCUT2D eigenvalue weighted by Crippen LogP contribution is 2.35. The Bertz CT molecular complexity index is 1160. The number of nitrogens with zero attached hydrogens (tertiary/aromatic N) is 3. The summed E-state index contributed by atoms with van der Waals surface area (Å²) in [6.07, 6.45) is -18.0. The van der Waals surface area contributed by atoms with Crippen LogP contribution in [0.2, 0.25) is 0 Å². The summed E-state index contributed by atoms with van der Waals surface area (Å²) in [4.78, 5) is 86.6. The van der Waals surface area contributed by atoms with Crippen LogP contribution in [0.25, 0.3) is 10.4 Å². The van der Waals surface area contributed by atoms with Crippen molar-refractivity contribution in [2.45, 2.75) is 103 Å². The molecule has 2 aliphatic heterocycles. The minimum Gasteiger partial charge on any atom is -0.479 e. The van der Waals surface area contributed by atoms with Crippen molar-refractivity contribution in [2.75, 3.05) is 6.61 Å². The van der Waals surface area contributed by atoms with Crippen LogP contribution in [0, 0.1) is 0 Å². The summed E-state index contributed by atoms with van der Waals surface area (Å²) in [6.45, 7) is 5.24. The zero-order valence-electron chi connectivity index (χ0n) is 24.3. The van der Waals surface area contributed by atoms with Crippen molar-refractivity contribution in [1.82, 2.24) is 0 Å². The molecule has 10 atom stereocenters. The fourth-order valence-corrected chi connectivity index (χ4v) is 4.41. The summed E-state index contributed by atoms with van der Waals surface area (Å²) in [5.74, 6) is -7.39. The van der Waals surface area contributed by atoms with Gasteiger partial charge >= 0.3 is 41.8 Å². The van der Waals surface area contributed by atoms with E-state index in [1.807, 2.05) is 0 Å². The van der Waals surface area contributed by atoms with Gasteiger partial charge in [0.2, 0.25) is 0 Å². The molecule has 244 valence electrons. The van der Waals surface area contributed by atoms with Crippen molar-refractivity contribution in [3.05, 3.63) is 10.4 Å². The number of hydrogen-bond acceptors (Lipinski definition) is 17. The average Bonchev–Trinajstić information content (AvgIpc) is 2.87. The smallest absolute Gasteiger partial charge is 0.336 e. The third-order valence-electron chi connectivity index (χ3n) is 5.77. The minimum absolute atomic E-state index is 0.634. The fourth-order valence-electron chi connectivity index (χ4n) is 4.41. The Hall–Kier alpha value is -4.52. The van der Waals surface area contributed by atoms with Gasteiger partial charge in [-0.25, -0.2) is 4.79 Å². The monoisotopic (exact) mass is 633 g/mol. The van der Waals surface area contributed by atoms with Gasteiger partial charge in [0, 0.05) is 46.5 Å². The maximum Gasteiger partial charge on any atom is 0.336 e. The summed E-state index contributed by atoms with van der Waals surface area (Å²) in [5.41, 5.74) is 9.06. The number of carbonyl (C=O) groups is 7. The Labute approximate surface area is 248 Å². The van der Waals surface area contributed by atoms with E-state index < -0.39 is 110 Å². The summed E-state index contributed by atoms with van der Waals surface area (Å²) in [7, 11) is 0. The van der Waals surface area contributed by atoms with Crippen molar-refractivity contribution in [3.63, 3.8) is 0 Å². The van der Waals surface area contributed by atoms with E-state index in [0.29, 0.717) is 0 Å². The molecule has 2 heterocycles. The highest BCUT2D eigenvalue weighted by molar-refractivity contribution is 5.75. The van der Waals surface area contributed by atoms with Crippen LogP contribution >= 0.6 is 0 Å². The Morgan fingerprint density at radius 2 is 1.14 bits per heavy atom. The van der Waals surface area contributed by atoms with Gasteiger partial charge in [0.1, 0.15) is 18.8 Å². The summed E-state index contributed by atoms with van der Waals surface area (Å²) < 4.78 is 48.4. The molecular formula is C24H31N3O17. The van der Waals surface area contributed by atoms with Crippen molar-refractivity contribution in [1.29, 1.82) is 0 Å². The Kier molecular flexibility index (Phi) is 12.8. The van der Waals surface area contributed by atoms with Gasteiger partial charge in [-0.2, -0.15) is 0 Å². The number of carboxylic acid groups (broad SMARTS) is 1. The highest BCUT2D eigenvalue weighted by Gasteiger charge is 2.58. The van der Waals surface area contributed by atoms with Crippen molar-refractivity contribution in [3.8, 4) is 0 Å². The minimum atomic E-state index is -2.07. The largest absolute Gasteiger partial charge is 0.479 e. The number of hydrogen-bond donors (Lipinski definition) is 1. The molecule has 2 saturated heterocycles. The Morgan fingerprint density at radius 1 is 0.659 bits per heavy atom. The molecule has 0 aromatic heterocycles. The number of ether oxygens (including phenoxy) is 9. The first kappa shape index (κ1) is 35.7. The van der Waals surface area contributed by atoms with Crippen molar-refractivity contribution in [2.24, 2.45) is 5.11 Å². The molecular weight excluding hydrogens is 602 g/mol. The lowest BCUT2D eigenvalue weighted by Gasteiger charge is -2.47.